The Labute approximate surface area is 98.8 Å². The van der Waals surface area contributed by atoms with E-state index >= 15 is 0 Å². The number of hydrogen-bond donors (Lipinski definition) is 0. The van der Waals surface area contributed by atoms with Crippen LogP contribution in [0, 0.1) is 0 Å². The van der Waals surface area contributed by atoms with Gasteiger partial charge in [-0.3, -0.25) is 9.59 Å². The summed E-state index contributed by atoms with van der Waals surface area (Å²) in [5, 5.41) is 0. The molecule has 1 heterocycles. The summed E-state index contributed by atoms with van der Waals surface area (Å²) in [4.78, 5) is 23.4. The summed E-state index contributed by atoms with van der Waals surface area (Å²) < 4.78 is 2.84. The highest BCUT2D eigenvalue weighted by Gasteiger charge is 2.03. The molecule has 2 aromatic rings. The van der Waals surface area contributed by atoms with Crippen LogP contribution in [0.3, 0.4) is 0 Å². The lowest BCUT2D eigenvalue weighted by Gasteiger charge is -2.07. The molecular weight excluding hydrogens is 216 g/mol. The van der Waals surface area contributed by atoms with E-state index in [2.05, 4.69) is 0 Å². The molecule has 0 radical (unpaired) electrons. The van der Waals surface area contributed by atoms with Crippen molar-refractivity contribution < 1.29 is 0 Å². The number of nitrogens with zero attached hydrogens (tertiary/aromatic N) is 2. The van der Waals surface area contributed by atoms with E-state index in [-0.39, 0.29) is 0 Å². The number of rotatable bonds is 3. The van der Waals surface area contributed by atoms with Crippen LogP contribution < -0.4 is 11.1 Å². The average molecular weight is 230 g/mol. The molecule has 0 aliphatic rings. The van der Waals surface area contributed by atoms with Crippen molar-refractivity contribution in [3.63, 3.8) is 0 Å². The molecule has 4 heteroatoms. The molecule has 0 saturated carbocycles. The van der Waals surface area contributed by atoms with Gasteiger partial charge in [-0.1, -0.05) is 30.3 Å². The zero-order chi connectivity index (χ0) is 12.3. The monoisotopic (exact) mass is 230 g/mol. The number of hydrogen-bond acceptors (Lipinski definition) is 2. The molecule has 0 saturated heterocycles. The first-order valence-electron chi connectivity index (χ1n) is 5.56. The van der Waals surface area contributed by atoms with Crippen molar-refractivity contribution in [2.45, 2.75) is 20.0 Å². The smallest absolute Gasteiger partial charge is 0.310 e. The van der Waals surface area contributed by atoms with Crippen LogP contribution in [-0.2, 0) is 13.1 Å². The minimum atomic E-state index is -0.474. The zero-order valence-electron chi connectivity index (χ0n) is 9.67. The van der Waals surface area contributed by atoms with Crippen LogP contribution in [0.25, 0.3) is 0 Å². The van der Waals surface area contributed by atoms with Gasteiger partial charge < -0.3 is 9.13 Å². The SMILES string of the molecule is CCn1ccn(Cc2ccccc2)c(=O)c1=O. The summed E-state index contributed by atoms with van der Waals surface area (Å²) in [6, 6.07) is 9.60. The lowest BCUT2D eigenvalue weighted by molar-refractivity contribution is 0.651. The Morgan fingerprint density at radius 3 is 2.18 bits per heavy atom. The van der Waals surface area contributed by atoms with E-state index in [1.165, 1.54) is 9.13 Å². The van der Waals surface area contributed by atoms with Gasteiger partial charge in [0.2, 0.25) is 0 Å². The van der Waals surface area contributed by atoms with Crippen LogP contribution in [0.1, 0.15) is 12.5 Å². The molecule has 0 unspecified atom stereocenters. The van der Waals surface area contributed by atoms with Crippen molar-refractivity contribution in [3.8, 4) is 0 Å². The third kappa shape index (κ3) is 2.36. The van der Waals surface area contributed by atoms with Crippen LogP contribution in [0.5, 0.6) is 0 Å². The molecule has 0 fully saturated rings. The van der Waals surface area contributed by atoms with E-state index in [1.54, 1.807) is 12.4 Å². The standard InChI is InChI=1S/C13H14N2O2/c1-2-14-8-9-15(13(17)12(14)16)10-11-6-4-3-5-7-11/h3-9H,2,10H2,1H3. The quantitative estimate of drug-likeness (QED) is 0.740. The predicted molar refractivity (Wildman–Crippen MR) is 66.2 cm³/mol. The minimum absolute atomic E-state index is 0.430. The van der Waals surface area contributed by atoms with Gasteiger partial charge in [-0.2, -0.15) is 0 Å². The van der Waals surface area contributed by atoms with Gasteiger partial charge >= 0.3 is 11.1 Å². The Morgan fingerprint density at radius 1 is 0.941 bits per heavy atom. The fourth-order valence-electron chi connectivity index (χ4n) is 1.70. The maximum absolute atomic E-state index is 11.8. The van der Waals surface area contributed by atoms with Crippen LogP contribution in [0.15, 0.2) is 52.3 Å². The molecule has 0 atom stereocenters. The van der Waals surface area contributed by atoms with Gasteiger partial charge in [0.15, 0.2) is 0 Å². The average Bonchev–Trinajstić information content (AvgIpc) is 2.37. The Morgan fingerprint density at radius 2 is 1.53 bits per heavy atom. The van der Waals surface area contributed by atoms with Gasteiger partial charge in [-0.15, -0.1) is 0 Å². The Kier molecular flexibility index (Phi) is 3.23. The summed E-state index contributed by atoms with van der Waals surface area (Å²) in [5.41, 5.74) is 0.0624. The van der Waals surface area contributed by atoms with E-state index in [0.29, 0.717) is 13.1 Å². The highest BCUT2D eigenvalue weighted by atomic mass is 16.2. The van der Waals surface area contributed by atoms with Gasteiger partial charge in [0, 0.05) is 18.9 Å². The first-order chi connectivity index (χ1) is 8.22. The molecule has 1 aromatic heterocycles. The van der Waals surface area contributed by atoms with Crippen molar-refractivity contribution in [2.24, 2.45) is 0 Å². The largest absolute Gasteiger partial charge is 0.316 e. The zero-order valence-corrected chi connectivity index (χ0v) is 9.67. The molecule has 0 N–H and O–H groups in total. The number of benzene rings is 1. The van der Waals surface area contributed by atoms with E-state index in [9.17, 15) is 9.59 Å². The van der Waals surface area contributed by atoms with Crippen molar-refractivity contribution in [2.75, 3.05) is 0 Å². The number of aryl methyl sites for hydroxylation is 1. The van der Waals surface area contributed by atoms with E-state index in [0.717, 1.165) is 5.56 Å². The fraction of sp³-hybridized carbons (Fsp3) is 0.231. The van der Waals surface area contributed by atoms with Gasteiger partial charge in [0.25, 0.3) is 0 Å². The van der Waals surface area contributed by atoms with Gasteiger partial charge in [-0.05, 0) is 12.5 Å². The topological polar surface area (TPSA) is 44.0 Å². The Bertz CT molecular complexity index is 611. The van der Waals surface area contributed by atoms with Crippen LogP contribution in [0.4, 0.5) is 0 Å². The van der Waals surface area contributed by atoms with Crippen molar-refractivity contribution >= 4 is 0 Å². The van der Waals surface area contributed by atoms with Crippen LogP contribution in [0.2, 0.25) is 0 Å². The molecule has 0 bridgehead atoms. The maximum atomic E-state index is 11.8. The maximum Gasteiger partial charge on any atom is 0.316 e. The normalized spacial score (nSPS) is 10.4. The molecule has 88 valence electrons. The Hall–Kier alpha value is -2.10. The second-order valence-corrected chi connectivity index (χ2v) is 3.81. The first-order valence-corrected chi connectivity index (χ1v) is 5.56. The molecule has 2 rings (SSSR count). The highest BCUT2D eigenvalue weighted by molar-refractivity contribution is 5.15. The van der Waals surface area contributed by atoms with Gasteiger partial charge in [0.05, 0.1) is 6.54 Å². The first kappa shape index (κ1) is 11.4. The molecule has 1 aromatic carbocycles. The summed E-state index contributed by atoms with van der Waals surface area (Å²) in [6.07, 6.45) is 3.30. The minimum Gasteiger partial charge on any atom is -0.310 e. The van der Waals surface area contributed by atoms with Crippen molar-refractivity contribution in [1.29, 1.82) is 0 Å². The summed E-state index contributed by atoms with van der Waals surface area (Å²) in [7, 11) is 0. The fourth-order valence-corrected chi connectivity index (χ4v) is 1.70. The second kappa shape index (κ2) is 4.82. The van der Waals surface area contributed by atoms with Gasteiger partial charge in [-0.25, -0.2) is 0 Å². The van der Waals surface area contributed by atoms with Gasteiger partial charge in [0.1, 0.15) is 0 Å². The van der Waals surface area contributed by atoms with E-state index in [1.807, 2.05) is 37.3 Å². The molecule has 4 nitrogen and oxygen atoms in total. The second-order valence-electron chi connectivity index (χ2n) is 3.81. The van der Waals surface area contributed by atoms with Crippen molar-refractivity contribution in [3.05, 3.63) is 69.0 Å². The van der Waals surface area contributed by atoms with Crippen LogP contribution in [-0.4, -0.2) is 9.13 Å². The van der Waals surface area contributed by atoms with Crippen LogP contribution >= 0.6 is 0 Å². The molecule has 0 amide bonds. The van der Waals surface area contributed by atoms with Crippen molar-refractivity contribution in [1.82, 2.24) is 9.13 Å². The van der Waals surface area contributed by atoms with E-state index in [4.69, 9.17) is 0 Å². The Balaban J connectivity index is 2.39. The number of aromatic nitrogens is 2. The molecule has 0 spiro atoms. The predicted octanol–water partition coefficient (Wildman–Crippen LogP) is 1.08. The third-order valence-corrected chi connectivity index (χ3v) is 2.67. The lowest BCUT2D eigenvalue weighted by Crippen LogP contribution is -2.40. The third-order valence-electron chi connectivity index (χ3n) is 2.67. The summed E-state index contributed by atoms with van der Waals surface area (Å²) in [5.74, 6) is 0. The summed E-state index contributed by atoms with van der Waals surface area (Å²) >= 11 is 0. The lowest BCUT2D eigenvalue weighted by atomic mass is 10.2. The summed E-state index contributed by atoms with van der Waals surface area (Å²) in [6.45, 7) is 2.78. The molecule has 17 heavy (non-hydrogen) atoms. The van der Waals surface area contributed by atoms with E-state index < -0.39 is 11.1 Å². The molecule has 0 aliphatic carbocycles. The highest BCUT2D eigenvalue weighted by Crippen LogP contribution is 1.99. The molecular formula is C13H14N2O2. The molecule has 0 aliphatic heterocycles.